The van der Waals surface area contributed by atoms with E-state index in [4.69, 9.17) is 0 Å². The molecule has 0 saturated carbocycles. The highest BCUT2D eigenvalue weighted by molar-refractivity contribution is 7.80. The lowest BCUT2D eigenvalue weighted by atomic mass is 9.96. The summed E-state index contributed by atoms with van der Waals surface area (Å²) in [5.41, 5.74) is 0. The second-order valence-electron chi connectivity index (χ2n) is 2.96. The van der Waals surface area contributed by atoms with Gasteiger partial charge < -0.3 is 0 Å². The van der Waals surface area contributed by atoms with Crippen LogP contribution in [0.25, 0.3) is 0 Å². The maximum Gasteiger partial charge on any atom is -0.00953 e. The molecule has 0 aromatic carbocycles. The average Bonchev–Trinajstić information content (AvgIpc) is 1.90. The van der Waals surface area contributed by atoms with Crippen LogP contribution >= 0.6 is 12.6 Å². The quantitative estimate of drug-likeness (QED) is 0.565. The second-order valence-corrected chi connectivity index (χ2v) is 3.40. The summed E-state index contributed by atoms with van der Waals surface area (Å²) in [4.78, 5) is 0. The van der Waals surface area contributed by atoms with Crippen LogP contribution in [0.2, 0.25) is 0 Å². The highest BCUT2D eigenvalue weighted by atomic mass is 32.1. The van der Waals surface area contributed by atoms with Gasteiger partial charge in [-0.3, -0.25) is 0 Å². The van der Waals surface area contributed by atoms with Crippen molar-refractivity contribution in [3.05, 3.63) is 0 Å². The van der Waals surface area contributed by atoms with Gasteiger partial charge in [-0.05, 0) is 18.1 Å². The normalized spacial score (nSPS) is 10.8. The second kappa shape index (κ2) is 7.46. The molecular weight excluding hydrogens is 140 g/mol. The van der Waals surface area contributed by atoms with Gasteiger partial charge in [0.25, 0.3) is 0 Å². The number of thiol groups is 1. The third-order valence-electron chi connectivity index (χ3n) is 1.93. The van der Waals surface area contributed by atoms with Crippen molar-refractivity contribution >= 4 is 12.6 Å². The summed E-state index contributed by atoms with van der Waals surface area (Å²) in [5, 5.41) is 0. The summed E-state index contributed by atoms with van der Waals surface area (Å²) in [6.07, 6.45) is 6.77. The zero-order valence-electron chi connectivity index (χ0n) is 7.27. The van der Waals surface area contributed by atoms with Gasteiger partial charge in [0.05, 0.1) is 0 Å². The molecule has 0 bridgehead atoms. The summed E-state index contributed by atoms with van der Waals surface area (Å²) in [5.74, 6) is 2.01. The molecule has 0 nitrogen and oxygen atoms in total. The molecule has 62 valence electrons. The number of rotatable bonds is 6. The summed E-state index contributed by atoms with van der Waals surface area (Å²) in [6.45, 7) is 4.53. The van der Waals surface area contributed by atoms with Crippen LogP contribution in [0.1, 0.15) is 46.0 Å². The smallest absolute Gasteiger partial charge is 0.00953 e. The van der Waals surface area contributed by atoms with Crippen molar-refractivity contribution in [1.29, 1.82) is 0 Å². The van der Waals surface area contributed by atoms with Crippen molar-refractivity contribution in [3.8, 4) is 0 Å². The molecule has 0 saturated heterocycles. The van der Waals surface area contributed by atoms with Gasteiger partial charge in [-0.15, -0.1) is 0 Å². The van der Waals surface area contributed by atoms with Gasteiger partial charge in [-0.2, -0.15) is 12.6 Å². The fourth-order valence-electron chi connectivity index (χ4n) is 1.43. The summed E-state index contributed by atoms with van der Waals surface area (Å²) in [7, 11) is 0. The Bertz CT molecular complexity index is 47.5. The van der Waals surface area contributed by atoms with E-state index in [-0.39, 0.29) is 0 Å². The van der Waals surface area contributed by atoms with E-state index in [1.807, 2.05) is 0 Å². The first-order valence-corrected chi connectivity index (χ1v) is 5.09. The van der Waals surface area contributed by atoms with Crippen LogP contribution in [0.4, 0.5) is 0 Å². The minimum Gasteiger partial charge on any atom is -0.179 e. The van der Waals surface area contributed by atoms with Crippen LogP contribution in [0, 0.1) is 5.92 Å². The van der Waals surface area contributed by atoms with Crippen LogP contribution in [0.15, 0.2) is 0 Å². The lowest BCUT2D eigenvalue weighted by molar-refractivity contribution is 0.431. The van der Waals surface area contributed by atoms with Crippen LogP contribution in [0.5, 0.6) is 0 Å². The molecular formula is C9H20S. The molecule has 0 radical (unpaired) electrons. The topological polar surface area (TPSA) is 0 Å². The van der Waals surface area contributed by atoms with E-state index in [1.54, 1.807) is 0 Å². The zero-order chi connectivity index (χ0) is 7.82. The van der Waals surface area contributed by atoms with Crippen molar-refractivity contribution in [1.82, 2.24) is 0 Å². The number of hydrogen-bond donors (Lipinski definition) is 1. The van der Waals surface area contributed by atoms with E-state index in [0.717, 1.165) is 11.7 Å². The van der Waals surface area contributed by atoms with Crippen molar-refractivity contribution in [2.24, 2.45) is 5.92 Å². The van der Waals surface area contributed by atoms with Crippen LogP contribution in [-0.2, 0) is 0 Å². The molecule has 0 rings (SSSR count). The molecule has 10 heavy (non-hydrogen) atoms. The first-order valence-electron chi connectivity index (χ1n) is 4.46. The third-order valence-corrected chi connectivity index (χ3v) is 2.19. The summed E-state index contributed by atoms with van der Waals surface area (Å²) >= 11 is 4.25. The van der Waals surface area contributed by atoms with Gasteiger partial charge >= 0.3 is 0 Å². The lowest BCUT2D eigenvalue weighted by Crippen LogP contribution is -1.99. The molecule has 0 aliphatic carbocycles. The van der Waals surface area contributed by atoms with Crippen LogP contribution < -0.4 is 0 Å². The highest BCUT2D eigenvalue weighted by Gasteiger charge is 2.03. The Morgan fingerprint density at radius 2 is 1.50 bits per heavy atom. The maximum atomic E-state index is 4.25. The van der Waals surface area contributed by atoms with E-state index >= 15 is 0 Å². The van der Waals surface area contributed by atoms with E-state index < -0.39 is 0 Å². The highest BCUT2D eigenvalue weighted by Crippen LogP contribution is 2.17. The molecule has 0 aromatic rings. The van der Waals surface area contributed by atoms with Crippen molar-refractivity contribution < 1.29 is 0 Å². The molecule has 0 fully saturated rings. The minimum absolute atomic E-state index is 0.951. The minimum atomic E-state index is 0.951. The van der Waals surface area contributed by atoms with Crippen molar-refractivity contribution in [2.75, 3.05) is 5.75 Å². The largest absolute Gasteiger partial charge is 0.179 e. The van der Waals surface area contributed by atoms with Gasteiger partial charge in [-0.25, -0.2) is 0 Å². The van der Waals surface area contributed by atoms with Gasteiger partial charge in [0, 0.05) is 0 Å². The van der Waals surface area contributed by atoms with Crippen LogP contribution in [-0.4, -0.2) is 5.75 Å². The van der Waals surface area contributed by atoms with Gasteiger partial charge in [0.15, 0.2) is 0 Å². The molecule has 1 heteroatoms. The van der Waals surface area contributed by atoms with Crippen LogP contribution in [0.3, 0.4) is 0 Å². The lowest BCUT2D eigenvalue weighted by Gasteiger charge is -2.12. The fourth-order valence-corrected chi connectivity index (χ4v) is 1.80. The number of hydrogen-bond acceptors (Lipinski definition) is 1. The molecule has 0 amide bonds. The maximum absolute atomic E-state index is 4.25. The van der Waals surface area contributed by atoms with Gasteiger partial charge in [-0.1, -0.05) is 39.5 Å². The van der Waals surface area contributed by atoms with Gasteiger partial charge in [0.2, 0.25) is 0 Å². The molecule has 0 unspecified atom stereocenters. The Hall–Kier alpha value is 0.350. The first-order chi connectivity index (χ1) is 4.85. The van der Waals surface area contributed by atoms with Gasteiger partial charge in [0.1, 0.15) is 0 Å². The predicted molar refractivity (Wildman–Crippen MR) is 51.8 cm³/mol. The summed E-state index contributed by atoms with van der Waals surface area (Å²) < 4.78 is 0. The van der Waals surface area contributed by atoms with E-state index in [0.29, 0.717) is 0 Å². The first kappa shape index (κ1) is 10.3. The predicted octanol–water partition coefficient (Wildman–Crippen LogP) is 3.52. The zero-order valence-corrected chi connectivity index (χ0v) is 8.16. The standard InChI is InChI=1S/C9H20S/c1-3-5-9(6-4-2)7-8-10/h9-10H,3-8H2,1-2H3. The Balaban J connectivity index is 3.30. The molecule has 0 aliphatic heterocycles. The van der Waals surface area contributed by atoms with Crippen molar-refractivity contribution in [3.63, 3.8) is 0 Å². The molecule has 0 aromatic heterocycles. The summed E-state index contributed by atoms with van der Waals surface area (Å²) in [6, 6.07) is 0. The average molecular weight is 160 g/mol. The Morgan fingerprint density at radius 1 is 1.00 bits per heavy atom. The molecule has 0 N–H and O–H groups in total. The third kappa shape index (κ3) is 5.16. The van der Waals surface area contributed by atoms with E-state index in [2.05, 4.69) is 26.5 Å². The molecule has 0 aliphatic rings. The monoisotopic (exact) mass is 160 g/mol. The molecule has 0 atom stereocenters. The molecule has 0 heterocycles. The SMILES string of the molecule is CCCC(CCC)CCS. The molecule has 0 spiro atoms. The Kier molecular flexibility index (Phi) is 7.72. The van der Waals surface area contributed by atoms with E-state index in [9.17, 15) is 0 Å². The Morgan fingerprint density at radius 3 is 1.80 bits per heavy atom. The van der Waals surface area contributed by atoms with Crippen molar-refractivity contribution in [2.45, 2.75) is 46.0 Å². The fraction of sp³-hybridized carbons (Fsp3) is 1.00. The van der Waals surface area contributed by atoms with E-state index in [1.165, 1.54) is 32.1 Å². The Labute approximate surface area is 70.8 Å².